The maximum atomic E-state index is 12.6. The van der Waals surface area contributed by atoms with E-state index in [0.717, 1.165) is 14.7 Å². The molecule has 0 saturated carbocycles. The van der Waals surface area contributed by atoms with E-state index in [1.807, 2.05) is 29.7 Å². The number of benzene rings is 2. The first-order valence-corrected chi connectivity index (χ1v) is 10.3. The largest absolute Gasteiger partial charge is 0.380 e. The molecule has 3 rings (SSSR count). The van der Waals surface area contributed by atoms with Crippen molar-refractivity contribution < 1.29 is 9.53 Å². The fraction of sp³-hybridized carbons (Fsp3) is 0.222. The van der Waals surface area contributed by atoms with Crippen LogP contribution in [-0.2, 0) is 11.3 Å². The van der Waals surface area contributed by atoms with E-state index in [1.165, 1.54) is 11.3 Å². The summed E-state index contributed by atoms with van der Waals surface area (Å²) in [6, 6.07) is 10.6. The van der Waals surface area contributed by atoms with Crippen molar-refractivity contribution in [2.45, 2.75) is 13.5 Å². The second-order valence-corrected chi connectivity index (χ2v) is 8.16. The molecule has 0 N–H and O–H groups in total. The first-order chi connectivity index (χ1) is 12.5. The molecule has 0 atom stereocenters. The van der Waals surface area contributed by atoms with Crippen LogP contribution in [0.1, 0.15) is 17.3 Å². The van der Waals surface area contributed by atoms with Crippen molar-refractivity contribution in [3.8, 4) is 0 Å². The van der Waals surface area contributed by atoms with Gasteiger partial charge in [0.25, 0.3) is 5.91 Å². The van der Waals surface area contributed by atoms with Crippen LogP contribution in [0, 0.1) is 0 Å². The van der Waals surface area contributed by atoms with Gasteiger partial charge in [-0.1, -0.05) is 50.5 Å². The zero-order valence-corrected chi connectivity index (χ0v) is 17.8. The Hall–Kier alpha value is -1.18. The van der Waals surface area contributed by atoms with Crippen LogP contribution in [-0.4, -0.2) is 23.7 Å². The van der Waals surface area contributed by atoms with Crippen molar-refractivity contribution in [2.75, 3.05) is 13.2 Å². The van der Waals surface area contributed by atoms with Gasteiger partial charge in [-0.05, 0) is 43.3 Å². The second kappa shape index (κ2) is 8.67. The Morgan fingerprint density at radius 3 is 2.69 bits per heavy atom. The van der Waals surface area contributed by atoms with Crippen LogP contribution in [0.5, 0.6) is 0 Å². The minimum atomic E-state index is -0.309. The third kappa shape index (κ3) is 4.38. The summed E-state index contributed by atoms with van der Waals surface area (Å²) in [6.07, 6.45) is 0. The van der Waals surface area contributed by atoms with Gasteiger partial charge in [0.2, 0.25) is 0 Å². The molecular weight excluding hydrogens is 459 g/mol. The number of hydrogen-bond donors (Lipinski definition) is 0. The molecule has 2 aromatic carbocycles. The number of carbonyl (C=O) groups is 1. The van der Waals surface area contributed by atoms with Gasteiger partial charge in [0.1, 0.15) is 0 Å². The molecule has 3 aromatic rings. The summed E-state index contributed by atoms with van der Waals surface area (Å²) in [5, 5.41) is 1.07. The molecule has 0 bridgehead atoms. The van der Waals surface area contributed by atoms with E-state index in [4.69, 9.17) is 27.9 Å². The van der Waals surface area contributed by atoms with Gasteiger partial charge in [-0.15, -0.1) is 0 Å². The first-order valence-electron chi connectivity index (χ1n) is 7.90. The number of rotatable bonds is 5. The van der Waals surface area contributed by atoms with Crippen molar-refractivity contribution in [1.29, 1.82) is 0 Å². The minimum absolute atomic E-state index is 0.309. The van der Waals surface area contributed by atoms with Crippen molar-refractivity contribution >= 4 is 66.6 Å². The molecule has 0 aliphatic rings. The summed E-state index contributed by atoms with van der Waals surface area (Å²) in [5.41, 5.74) is 1.33. The molecule has 1 aromatic heterocycles. The fourth-order valence-electron chi connectivity index (χ4n) is 2.47. The zero-order valence-electron chi connectivity index (χ0n) is 13.8. The van der Waals surface area contributed by atoms with Crippen LogP contribution < -0.4 is 4.80 Å². The summed E-state index contributed by atoms with van der Waals surface area (Å²) in [4.78, 5) is 17.4. The lowest BCUT2D eigenvalue weighted by Gasteiger charge is -2.07. The Labute approximate surface area is 173 Å². The summed E-state index contributed by atoms with van der Waals surface area (Å²) in [7, 11) is 0. The minimum Gasteiger partial charge on any atom is -0.380 e. The number of halogens is 3. The highest BCUT2D eigenvalue weighted by molar-refractivity contribution is 9.10. The monoisotopic (exact) mass is 472 g/mol. The highest BCUT2D eigenvalue weighted by Gasteiger charge is 2.13. The third-order valence-electron chi connectivity index (χ3n) is 3.65. The Balaban J connectivity index is 2.10. The van der Waals surface area contributed by atoms with Gasteiger partial charge in [0.05, 0.1) is 21.8 Å². The molecular formula is C18H15BrCl2N2O2S. The summed E-state index contributed by atoms with van der Waals surface area (Å²) in [5.74, 6) is -0.309. The summed E-state index contributed by atoms with van der Waals surface area (Å²) < 4.78 is 9.15. The average Bonchev–Trinajstić information content (AvgIpc) is 2.93. The molecule has 1 heterocycles. The normalized spacial score (nSPS) is 12.1. The quantitative estimate of drug-likeness (QED) is 0.456. The lowest BCUT2D eigenvalue weighted by atomic mass is 10.2. The Bertz CT molecular complexity index is 1010. The van der Waals surface area contributed by atoms with Crippen LogP contribution in [0.3, 0.4) is 0 Å². The van der Waals surface area contributed by atoms with Crippen LogP contribution >= 0.6 is 50.5 Å². The second-order valence-electron chi connectivity index (χ2n) is 5.39. The van der Waals surface area contributed by atoms with Gasteiger partial charge in [0, 0.05) is 28.2 Å². The van der Waals surface area contributed by atoms with Gasteiger partial charge < -0.3 is 9.30 Å². The van der Waals surface area contributed by atoms with E-state index in [0.29, 0.717) is 40.2 Å². The maximum absolute atomic E-state index is 12.6. The number of nitrogens with zero attached hydrogens (tertiary/aromatic N) is 2. The number of thiazole rings is 1. The predicted octanol–water partition coefficient (Wildman–Crippen LogP) is 5.55. The number of fused-ring (bicyclic) bond motifs is 1. The molecule has 0 aliphatic carbocycles. The van der Waals surface area contributed by atoms with E-state index >= 15 is 0 Å². The molecule has 136 valence electrons. The zero-order chi connectivity index (χ0) is 18.7. The molecule has 4 nitrogen and oxygen atoms in total. The molecule has 0 saturated heterocycles. The van der Waals surface area contributed by atoms with Gasteiger partial charge in [0.15, 0.2) is 4.80 Å². The molecule has 0 unspecified atom stereocenters. The first kappa shape index (κ1) is 19.6. The Morgan fingerprint density at radius 1 is 1.27 bits per heavy atom. The van der Waals surface area contributed by atoms with E-state index in [-0.39, 0.29) is 5.91 Å². The highest BCUT2D eigenvalue weighted by atomic mass is 79.9. The van der Waals surface area contributed by atoms with Gasteiger partial charge in [-0.2, -0.15) is 4.99 Å². The fourth-order valence-corrected chi connectivity index (χ4v) is 4.57. The van der Waals surface area contributed by atoms with Crippen molar-refractivity contribution in [2.24, 2.45) is 4.99 Å². The van der Waals surface area contributed by atoms with E-state index in [9.17, 15) is 4.79 Å². The van der Waals surface area contributed by atoms with Gasteiger partial charge in [-0.25, -0.2) is 0 Å². The van der Waals surface area contributed by atoms with Crippen molar-refractivity contribution in [3.05, 3.63) is 61.3 Å². The van der Waals surface area contributed by atoms with Crippen LogP contribution in [0.15, 0.2) is 45.9 Å². The lowest BCUT2D eigenvalue weighted by molar-refractivity contribution is 0.0996. The lowest BCUT2D eigenvalue weighted by Crippen LogP contribution is -2.20. The number of amides is 1. The highest BCUT2D eigenvalue weighted by Crippen LogP contribution is 2.29. The van der Waals surface area contributed by atoms with Crippen LogP contribution in [0.2, 0.25) is 10.0 Å². The van der Waals surface area contributed by atoms with Crippen molar-refractivity contribution in [1.82, 2.24) is 4.57 Å². The van der Waals surface area contributed by atoms with Gasteiger partial charge >= 0.3 is 0 Å². The van der Waals surface area contributed by atoms with E-state index in [2.05, 4.69) is 20.9 Å². The van der Waals surface area contributed by atoms with Crippen molar-refractivity contribution in [3.63, 3.8) is 0 Å². The summed E-state index contributed by atoms with van der Waals surface area (Å²) >= 11 is 17.2. The number of aromatic nitrogens is 1. The average molecular weight is 474 g/mol. The predicted molar refractivity (Wildman–Crippen MR) is 110 cm³/mol. The third-order valence-corrected chi connectivity index (χ3v) is 5.71. The van der Waals surface area contributed by atoms with Crippen LogP contribution in [0.4, 0.5) is 0 Å². The molecule has 1 amide bonds. The standard InChI is InChI=1S/C18H15BrCl2N2O2S/c1-2-25-8-7-23-16-14(21)9-13(20)10-15(16)26-18(23)22-17(24)11-3-5-12(19)6-4-11/h3-6,9-10H,2,7-8H2,1H3. The molecule has 0 spiro atoms. The Kier molecular flexibility index (Phi) is 6.53. The maximum Gasteiger partial charge on any atom is 0.279 e. The topological polar surface area (TPSA) is 43.6 Å². The molecule has 0 fully saturated rings. The smallest absolute Gasteiger partial charge is 0.279 e. The van der Waals surface area contributed by atoms with E-state index in [1.54, 1.807) is 18.2 Å². The molecule has 26 heavy (non-hydrogen) atoms. The van der Waals surface area contributed by atoms with E-state index < -0.39 is 0 Å². The Morgan fingerprint density at radius 2 is 2.00 bits per heavy atom. The molecule has 0 radical (unpaired) electrons. The van der Waals surface area contributed by atoms with Crippen LogP contribution in [0.25, 0.3) is 10.2 Å². The summed E-state index contributed by atoms with van der Waals surface area (Å²) in [6.45, 7) is 3.60. The SMILES string of the molecule is CCOCCn1c(=NC(=O)c2ccc(Br)cc2)sc2cc(Cl)cc(Cl)c21. The molecule has 8 heteroatoms. The van der Waals surface area contributed by atoms with Gasteiger partial charge in [-0.3, -0.25) is 4.79 Å². The number of hydrogen-bond acceptors (Lipinski definition) is 3. The molecule has 0 aliphatic heterocycles. The number of carbonyl (C=O) groups excluding carboxylic acids is 1. The number of ether oxygens (including phenoxy) is 1.